The van der Waals surface area contributed by atoms with Crippen LogP contribution in [-0.2, 0) is 12.8 Å². The van der Waals surface area contributed by atoms with E-state index in [0.29, 0.717) is 0 Å². The predicted octanol–water partition coefficient (Wildman–Crippen LogP) is 5.64. The lowest BCUT2D eigenvalue weighted by Gasteiger charge is -2.15. The van der Waals surface area contributed by atoms with Crippen molar-refractivity contribution < 1.29 is 4.74 Å². The van der Waals surface area contributed by atoms with Crippen LogP contribution in [0, 0.1) is 0 Å². The summed E-state index contributed by atoms with van der Waals surface area (Å²) in [6.45, 7) is 9.57. The number of aryl methyl sites for hydroxylation is 2. The second-order valence-corrected chi connectivity index (χ2v) is 6.45. The Labute approximate surface area is 153 Å². The van der Waals surface area contributed by atoms with Crippen LogP contribution in [0.4, 0.5) is 0 Å². The molecule has 0 amide bonds. The largest absolute Gasteiger partial charge is 0.494 e. The molecule has 0 aliphatic carbocycles. The van der Waals surface area contributed by atoms with Crippen molar-refractivity contribution in [2.75, 3.05) is 19.7 Å². The van der Waals surface area contributed by atoms with Crippen molar-refractivity contribution in [3.63, 3.8) is 0 Å². The lowest BCUT2D eigenvalue weighted by molar-refractivity contribution is 0.305. The number of unbranched alkanes of at least 4 members (excludes halogenated alkanes) is 2. The zero-order chi connectivity index (χ0) is 17.9. The van der Waals surface area contributed by atoms with E-state index in [4.69, 9.17) is 4.74 Å². The van der Waals surface area contributed by atoms with Gasteiger partial charge in [-0.2, -0.15) is 0 Å². The number of hydrogen-bond donors (Lipinski definition) is 1. The molecule has 0 saturated carbocycles. The molecule has 2 heteroatoms. The van der Waals surface area contributed by atoms with E-state index in [1.807, 2.05) is 0 Å². The molecule has 0 fully saturated rings. The highest BCUT2D eigenvalue weighted by molar-refractivity contribution is 5.72. The van der Waals surface area contributed by atoms with Crippen molar-refractivity contribution in [1.29, 1.82) is 0 Å². The zero-order valence-electron chi connectivity index (χ0n) is 16.1. The third kappa shape index (κ3) is 5.89. The van der Waals surface area contributed by atoms with Gasteiger partial charge in [0.15, 0.2) is 0 Å². The van der Waals surface area contributed by atoms with Crippen LogP contribution < -0.4 is 10.1 Å². The SMILES string of the molecule is CCNCCCCCOc1cccc(-c2c(CC)cccc2CC)c1. The monoisotopic (exact) mass is 339 g/mol. The van der Waals surface area contributed by atoms with Crippen molar-refractivity contribution in [3.8, 4) is 16.9 Å². The van der Waals surface area contributed by atoms with E-state index in [1.165, 1.54) is 35.1 Å². The molecular formula is C23H33NO. The minimum atomic E-state index is 0.797. The molecule has 0 aliphatic rings. The molecule has 0 atom stereocenters. The van der Waals surface area contributed by atoms with E-state index in [1.54, 1.807) is 0 Å². The number of hydrogen-bond acceptors (Lipinski definition) is 2. The highest BCUT2D eigenvalue weighted by atomic mass is 16.5. The Bertz CT molecular complexity index is 613. The third-order valence-electron chi connectivity index (χ3n) is 4.64. The van der Waals surface area contributed by atoms with Gasteiger partial charge >= 0.3 is 0 Å². The van der Waals surface area contributed by atoms with E-state index in [9.17, 15) is 0 Å². The van der Waals surface area contributed by atoms with Gasteiger partial charge in [-0.15, -0.1) is 0 Å². The lowest BCUT2D eigenvalue weighted by atomic mass is 9.92. The van der Waals surface area contributed by atoms with Crippen molar-refractivity contribution in [2.45, 2.75) is 52.9 Å². The molecule has 0 spiro atoms. The summed E-state index contributed by atoms with van der Waals surface area (Å²) in [6.07, 6.45) is 5.66. The molecule has 0 heterocycles. The fourth-order valence-corrected chi connectivity index (χ4v) is 3.25. The van der Waals surface area contributed by atoms with Crippen LogP contribution in [0.15, 0.2) is 42.5 Å². The van der Waals surface area contributed by atoms with Crippen molar-refractivity contribution in [2.24, 2.45) is 0 Å². The average molecular weight is 340 g/mol. The topological polar surface area (TPSA) is 21.3 Å². The summed E-state index contributed by atoms with van der Waals surface area (Å²) < 4.78 is 6.00. The molecule has 2 aromatic rings. The van der Waals surface area contributed by atoms with Gasteiger partial charge < -0.3 is 10.1 Å². The first kappa shape index (κ1) is 19.5. The Morgan fingerprint density at radius 2 is 1.56 bits per heavy atom. The Kier molecular flexibility index (Phi) is 8.54. The predicted molar refractivity (Wildman–Crippen MR) is 109 cm³/mol. The lowest BCUT2D eigenvalue weighted by Crippen LogP contribution is -2.14. The second-order valence-electron chi connectivity index (χ2n) is 6.45. The molecule has 0 radical (unpaired) electrons. The molecule has 2 aromatic carbocycles. The van der Waals surface area contributed by atoms with Crippen LogP contribution in [0.5, 0.6) is 5.75 Å². The highest BCUT2D eigenvalue weighted by Crippen LogP contribution is 2.31. The summed E-state index contributed by atoms with van der Waals surface area (Å²) in [5, 5.41) is 3.36. The molecule has 25 heavy (non-hydrogen) atoms. The van der Waals surface area contributed by atoms with Crippen molar-refractivity contribution in [3.05, 3.63) is 53.6 Å². The summed E-state index contributed by atoms with van der Waals surface area (Å²) in [4.78, 5) is 0. The number of nitrogens with one attached hydrogen (secondary N) is 1. The Morgan fingerprint density at radius 1 is 0.840 bits per heavy atom. The molecule has 1 N–H and O–H groups in total. The summed E-state index contributed by atoms with van der Waals surface area (Å²) in [5.74, 6) is 0.983. The fraction of sp³-hybridized carbons (Fsp3) is 0.478. The highest BCUT2D eigenvalue weighted by Gasteiger charge is 2.09. The van der Waals surface area contributed by atoms with Gasteiger partial charge in [0, 0.05) is 0 Å². The average Bonchev–Trinajstić information content (AvgIpc) is 2.66. The van der Waals surface area contributed by atoms with Gasteiger partial charge in [-0.3, -0.25) is 0 Å². The van der Waals surface area contributed by atoms with Gasteiger partial charge in [-0.25, -0.2) is 0 Å². The van der Waals surface area contributed by atoms with Gasteiger partial charge in [0.05, 0.1) is 6.61 Å². The van der Waals surface area contributed by atoms with Crippen LogP contribution >= 0.6 is 0 Å². The van der Waals surface area contributed by atoms with Crippen molar-refractivity contribution >= 4 is 0 Å². The van der Waals surface area contributed by atoms with Gasteiger partial charge in [0.1, 0.15) is 5.75 Å². The first-order valence-corrected chi connectivity index (χ1v) is 9.84. The molecule has 0 unspecified atom stereocenters. The molecule has 0 aromatic heterocycles. The third-order valence-corrected chi connectivity index (χ3v) is 4.64. The number of ether oxygens (including phenoxy) is 1. The minimum Gasteiger partial charge on any atom is -0.494 e. The number of benzene rings is 2. The van der Waals surface area contributed by atoms with E-state index in [0.717, 1.165) is 44.7 Å². The molecule has 0 aliphatic heterocycles. The maximum atomic E-state index is 6.00. The first-order chi connectivity index (χ1) is 12.3. The van der Waals surface area contributed by atoms with Gasteiger partial charge in [-0.1, -0.05) is 51.1 Å². The number of rotatable bonds is 11. The van der Waals surface area contributed by atoms with Crippen LogP contribution in [0.2, 0.25) is 0 Å². The summed E-state index contributed by atoms with van der Waals surface area (Å²) in [6, 6.07) is 15.3. The smallest absolute Gasteiger partial charge is 0.119 e. The first-order valence-electron chi connectivity index (χ1n) is 9.84. The second kappa shape index (κ2) is 10.9. The van der Waals surface area contributed by atoms with Crippen molar-refractivity contribution in [1.82, 2.24) is 5.32 Å². The van der Waals surface area contributed by atoms with E-state index >= 15 is 0 Å². The van der Waals surface area contributed by atoms with E-state index in [2.05, 4.69) is 68.6 Å². The zero-order valence-corrected chi connectivity index (χ0v) is 16.1. The van der Waals surface area contributed by atoms with Gasteiger partial charge in [0.2, 0.25) is 0 Å². The Morgan fingerprint density at radius 3 is 2.24 bits per heavy atom. The molecular weight excluding hydrogens is 306 g/mol. The molecule has 136 valence electrons. The van der Waals surface area contributed by atoms with E-state index in [-0.39, 0.29) is 0 Å². The summed E-state index contributed by atoms with van der Waals surface area (Å²) in [5.41, 5.74) is 5.50. The van der Waals surface area contributed by atoms with Crippen LogP contribution in [0.3, 0.4) is 0 Å². The molecule has 2 nitrogen and oxygen atoms in total. The Hall–Kier alpha value is -1.80. The standard InChI is InChI=1S/C23H33NO/c1-4-19-12-10-13-20(5-2)23(19)21-14-11-15-22(18-21)25-17-9-7-8-16-24-6-3/h10-15,18,24H,4-9,16-17H2,1-3H3. The molecule has 2 rings (SSSR count). The Balaban J connectivity index is 2.00. The van der Waals surface area contributed by atoms with Crippen LogP contribution in [0.25, 0.3) is 11.1 Å². The molecule has 0 bridgehead atoms. The maximum Gasteiger partial charge on any atom is 0.119 e. The van der Waals surface area contributed by atoms with Gasteiger partial charge in [-0.05, 0) is 79.6 Å². The minimum absolute atomic E-state index is 0.797. The van der Waals surface area contributed by atoms with Gasteiger partial charge in [0.25, 0.3) is 0 Å². The summed E-state index contributed by atoms with van der Waals surface area (Å²) in [7, 11) is 0. The van der Waals surface area contributed by atoms with E-state index < -0.39 is 0 Å². The quantitative estimate of drug-likeness (QED) is 0.535. The normalized spacial score (nSPS) is 10.8. The maximum absolute atomic E-state index is 6.00. The summed E-state index contributed by atoms with van der Waals surface area (Å²) >= 11 is 0. The van der Waals surface area contributed by atoms with Crippen LogP contribution in [-0.4, -0.2) is 19.7 Å². The fourth-order valence-electron chi connectivity index (χ4n) is 3.25. The molecule has 0 saturated heterocycles. The van der Waals surface area contributed by atoms with Crippen LogP contribution in [0.1, 0.15) is 51.2 Å².